The monoisotopic (exact) mass is 97.1 g/mol. The molecule has 1 rings (SSSR count). The van der Waals surface area contributed by atoms with Gasteiger partial charge < -0.3 is 5.32 Å². The number of hydrogen-bond donors (Lipinski definition) is 1. The molecule has 2 radical (unpaired) electrons. The van der Waals surface area contributed by atoms with E-state index < -0.39 is 0 Å². The summed E-state index contributed by atoms with van der Waals surface area (Å²) in [6.45, 7) is 7.75. The zero-order valence-corrected chi connectivity index (χ0v) is 4.48. The van der Waals surface area contributed by atoms with Gasteiger partial charge in [-0.2, -0.15) is 0 Å². The molecule has 1 nitrogen and oxygen atoms in total. The molecule has 0 aromatic rings. The summed E-state index contributed by atoms with van der Waals surface area (Å²) in [5, 5.41) is 3.21. The van der Waals surface area contributed by atoms with Gasteiger partial charge in [0.15, 0.2) is 0 Å². The second-order valence-corrected chi connectivity index (χ2v) is 2.11. The Morgan fingerprint density at radius 3 is 2.71 bits per heavy atom. The first-order valence-electron chi connectivity index (χ1n) is 2.86. The van der Waals surface area contributed by atoms with E-state index in [0.717, 1.165) is 13.1 Å². The maximum atomic E-state index is 5.57. The van der Waals surface area contributed by atoms with Crippen LogP contribution in [0, 0.1) is 12.8 Å². The average molecular weight is 97.2 g/mol. The van der Waals surface area contributed by atoms with Gasteiger partial charge in [0.2, 0.25) is 0 Å². The molecule has 1 unspecified atom stereocenters. The van der Waals surface area contributed by atoms with E-state index in [1.807, 2.05) is 0 Å². The fourth-order valence-corrected chi connectivity index (χ4v) is 0.879. The lowest BCUT2D eigenvalue weighted by molar-refractivity contribution is 0.436. The van der Waals surface area contributed by atoms with Crippen molar-refractivity contribution in [3.05, 3.63) is 6.92 Å². The van der Waals surface area contributed by atoms with Crippen LogP contribution in [0.2, 0.25) is 0 Å². The Balaban J connectivity index is 2.12. The van der Waals surface area contributed by atoms with E-state index in [1.165, 1.54) is 12.8 Å². The molecular weight excluding hydrogens is 86.1 g/mol. The van der Waals surface area contributed by atoms with E-state index in [2.05, 4.69) is 5.32 Å². The van der Waals surface area contributed by atoms with Crippen LogP contribution < -0.4 is 5.32 Å². The summed E-state index contributed by atoms with van der Waals surface area (Å²) in [5.74, 6) is 0.425. The predicted octanol–water partition coefficient (Wildman–Crippen LogP) is 0.697. The number of nitrogens with one attached hydrogen (secondary N) is 1. The number of rotatable bonds is 0. The van der Waals surface area contributed by atoms with Crippen LogP contribution >= 0.6 is 0 Å². The topological polar surface area (TPSA) is 12.0 Å². The van der Waals surface area contributed by atoms with Crippen LogP contribution in [0.15, 0.2) is 0 Å². The maximum absolute atomic E-state index is 5.57. The van der Waals surface area contributed by atoms with Gasteiger partial charge in [-0.25, -0.2) is 0 Å². The Bertz CT molecular complexity index is 46.1. The zero-order chi connectivity index (χ0) is 5.11. The minimum Gasteiger partial charge on any atom is -0.316 e. The van der Waals surface area contributed by atoms with E-state index in [-0.39, 0.29) is 0 Å². The maximum Gasteiger partial charge on any atom is -0.00176 e. The van der Waals surface area contributed by atoms with Crippen molar-refractivity contribution in [2.75, 3.05) is 13.1 Å². The molecule has 1 aliphatic rings. The molecule has 1 heteroatoms. The number of piperidine rings is 1. The van der Waals surface area contributed by atoms with Crippen LogP contribution in [0.3, 0.4) is 0 Å². The third-order valence-electron chi connectivity index (χ3n) is 1.33. The summed E-state index contributed by atoms with van der Waals surface area (Å²) in [4.78, 5) is 0. The zero-order valence-electron chi connectivity index (χ0n) is 4.48. The molecule has 0 aliphatic carbocycles. The molecule has 0 aromatic carbocycles. The SMILES string of the molecule is [CH]C1CCCNC1. The van der Waals surface area contributed by atoms with Crippen molar-refractivity contribution >= 4 is 0 Å². The first kappa shape index (κ1) is 5.10. The van der Waals surface area contributed by atoms with Gasteiger partial charge in [-0.1, -0.05) is 0 Å². The van der Waals surface area contributed by atoms with Crippen LogP contribution in [-0.2, 0) is 0 Å². The van der Waals surface area contributed by atoms with Crippen molar-refractivity contribution < 1.29 is 0 Å². The highest BCUT2D eigenvalue weighted by Gasteiger charge is 2.05. The molecule has 0 spiro atoms. The molecule has 7 heavy (non-hydrogen) atoms. The molecule has 1 aliphatic heterocycles. The second kappa shape index (κ2) is 2.31. The third-order valence-corrected chi connectivity index (χ3v) is 1.33. The normalized spacial score (nSPS) is 33.0. The molecule has 1 fully saturated rings. The van der Waals surface area contributed by atoms with Crippen molar-refractivity contribution in [1.29, 1.82) is 0 Å². The Hall–Kier alpha value is -0.0400. The van der Waals surface area contributed by atoms with Gasteiger partial charge in [0.25, 0.3) is 0 Å². The van der Waals surface area contributed by atoms with Gasteiger partial charge in [0, 0.05) is 0 Å². The molecular formula is C6H11N. The minimum absolute atomic E-state index is 0.425. The molecule has 0 bridgehead atoms. The van der Waals surface area contributed by atoms with E-state index >= 15 is 0 Å². The van der Waals surface area contributed by atoms with Crippen LogP contribution in [0.4, 0.5) is 0 Å². The minimum atomic E-state index is 0.425. The summed E-state index contributed by atoms with van der Waals surface area (Å²) in [6.07, 6.45) is 2.45. The highest BCUT2D eigenvalue weighted by atomic mass is 14.9. The molecule has 0 amide bonds. The lowest BCUT2D eigenvalue weighted by Crippen LogP contribution is -2.27. The van der Waals surface area contributed by atoms with Crippen molar-refractivity contribution in [2.45, 2.75) is 12.8 Å². The van der Waals surface area contributed by atoms with Crippen LogP contribution in [0.1, 0.15) is 12.8 Å². The largest absolute Gasteiger partial charge is 0.316 e. The predicted molar refractivity (Wildman–Crippen MR) is 29.9 cm³/mol. The first-order chi connectivity index (χ1) is 3.39. The summed E-state index contributed by atoms with van der Waals surface area (Å²) in [5.41, 5.74) is 0. The van der Waals surface area contributed by atoms with E-state index in [4.69, 9.17) is 6.92 Å². The van der Waals surface area contributed by atoms with Gasteiger partial charge in [-0.15, -0.1) is 0 Å². The quantitative estimate of drug-likeness (QED) is 0.469. The van der Waals surface area contributed by atoms with Gasteiger partial charge in [-0.05, 0) is 38.8 Å². The molecule has 40 valence electrons. The Kier molecular flexibility index (Phi) is 1.69. The van der Waals surface area contributed by atoms with E-state index in [9.17, 15) is 0 Å². The van der Waals surface area contributed by atoms with Crippen molar-refractivity contribution in [3.63, 3.8) is 0 Å². The highest BCUT2D eigenvalue weighted by Crippen LogP contribution is 2.06. The first-order valence-corrected chi connectivity index (χ1v) is 2.86. The highest BCUT2D eigenvalue weighted by molar-refractivity contribution is 4.69. The molecule has 1 saturated heterocycles. The van der Waals surface area contributed by atoms with Crippen molar-refractivity contribution in [3.8, 4) is 0 Å². The Labute approximate surface area is 45.1 Å². The lowest BCUT2D eigenvalue weighted by Gasteiger charge is -2.17. The van der Waals surface area contributed by atoms with Gasteiger partial charge in [0.1, 0.15) is 0 Å². The fourth-order valence-electron chi connectivity index (χ4n) is 0.879. The van der Waals surface area contributed by atoms with Gasteiger partial charge in [-0.3, -0.25) is 0 Å². The van der Waals surface area contributed by atoms with Gasteiger partial charge in [0.05, 0.1) is 0 Å². The Morgan fingerprint density at radius 1 is 1.57 bits per heavy atom. The molecule has 1 heterocycles. The third kappa shape index (κ3) is 1.48. The summed E-state index contributed by atoms with van der Waals surface area (Å²) < 4.78 is 0. The smallest absolute Gasteiger partial charge is 0.00176 e. The fraction of sp³-hybridized carbons (Fsp3) is 0.833. The standard InChI is InChI=1S/C6H11N/c1-6-3-2-4-7-5-6/h1,6-7H,2-5H2. The van der Waals surface area contributed by atoms with Crippen LogP contribution in [0.5, 0.6) is 0 Å². The van der Waals surface area contributed by atoms with Crippen molar-refractivity contribution in [2.24, 2.45) is 5.92 Å². The molecule has 1 atom stereocenters. The van der Waals surface area contributed by atoms with Gasteiger partial charge >= 0.3 is 0 Å². The summed E-state index contributed by atoms with van der Waals surface area (Å²) in [6, 6.07) is 0. The summed E-state index contributed by atoms with van der Waals surface area (Å²) >= 11 is 0. The molecule has 1 N–H and O–H groups in total. The summed E-state index contributed by atoms with van der Waals surface area (Å²) in [7, 11) is 0. The Morgan fingerprint density at radius 2 is 2.43 bits per heavy atom. The average Bonchev–Trinajstić information content (AvgIpc) is 1.69. The molecule has 0 saturated carbocycles. The van der Waals surface area contributed by atoms with Crippen LogP contribution in [-0.4, -0.2) is 13.1 Å². The lowest BCUT2D eigenvalue weighted by atomic mass is 10.0. The van der Waals surface area contributed by atoms with E-state index in [1.54, 1.807) is 0 Å². The second-order valence-electron chi connectivity index (χ2n) is 2.11. The number of hydrogen-bond acceptors (Lipinski definition) is 1. The molecule has 0 aromatic heterocycles. The van der Waals surface area contributed by atoms with E-state index in [0.29, 0.717) is 5.92 Å². The van der Waals surface area contributed by atoms with Crippen molar-refractivity contribution in [1.82, 2.24) is 5.32 Å². The van der Waals surface area contributed by atoms with Crippen LogP contribution in [0.25, 0.3) is 0 Å².